The van der Waals surface area contributed by atoms with E-state index in [1.165, 1.54) is 29.1 Å². The predicted molar refractivity (Wildman–Crippen MR) is 97.3 cm³/mol. The summed E-state index contributed by atoms with van der Waals surface area (Å²) in [4.78, 5) is 12.1. The van der Waals surface area contributed by atoms with Crippen molar-refractivity contribution in [1.29, 1.82) is 0 Å². The Morgan fingerprint density at radius 2 is 1.10 bits per heavy atom. The van der Waals surface area contributed by atoms with Crippen LogP contribution in [0.2, 0.25) is 0 Å². The molecule has 3 aromatic heterocycles. The fourth-order valence-electron chi connectivity index (χ4n) is 2.01. The lowest BCUT2D eigenvalue weighted by molar-refractivity contribution is 0.504. The maximum absolute atomic E-state index is 4.88. The van der Waals surface area contributed by atoms with Crippen molar-refractivity contribution in [2.45, 2.75) is 65.2 Å². The molecule has 3 rings (SSSR count). The lowest BCUT2D eigenvalue weighted by Gasteiger charge is -2.18. The maximum Gasteiger partial charge on any atom is 0.138 e. The van der Waals surface area contributed by atoms with Crippen LogP contribution in [0.3, 0.4) is 0 Å². The molecule has 0 amide bonds. The van der Waals surface area contributed by atoms with Gasteiger partial charge in [-0.05, 0) is 12.8 Å². The first-order valence-electron chi connectivity index (χ1n) is 7.49. The Morgan fingerprint density at radius 3 is 1.43 bits per heavy atom. The van der Waals surface area contributed by atoms with E-state index in [0.717, 1.165) is 12.8 Å². The molecular weight excluding hydrogens is 316 g/mol. The molecule has 5 heteroatoms. The van der Waals surface area contributed by atoms with Crippen LogP contribution in [0.5, 0.6) is 0 Å². The van der Waals surface area contributed by atoms with Gasteiger partial charge < -0.3 is 0 Å². The van der Waals surface area contributed by atoms with E-state index in [-0.39, 0.29) is 10.8 Å². The molecule has 0 fully saturated rings. The van der Waals surface area contributed by atoms with Crippen LogP contribution in [0, 0.1) is 0 Å². The van der Waals surface area contributed by atoms with Crippen molar-refractivity contribution in [2.75, 3.05) is 0 Å². The van der Waals surface area contributed by atoms with Gasteiger partial charge in [0.15, 0.2) is 0 Å². The summed E-state index contributed by atoms with van der Waals surface area (Å²) in [5.74, 6) is 0. The summed E-state index contributed by atoms with van der Waals surface area (Å²) in [5.41, 5.74) is 0.345. The van der Waals surface area contributed by atoms with E-state index in [4.69, 9.17) is 9.97 Å². The van der Waals surface area contributed by atoms with Gasteiger partial charge in [-0.3, -0.25) is 0 Å². The monoisotopic (exact) mass is 338 g/mol. The van der Waals surface area contributed by atoms with Gasteiger partial charge in [0.25, 0.3) is 0 Å². The second kappa shape index (κ2) is 5.00. The summed E-state index contributed by atoms with van der Waals surface area (Å²) < 4.78 is 2.70. The van der Waals surface area contributed by atoms with Crippen LogP contribution in [-0.2, 0) is 10.8 Å². The molecule has 0 radical (unpaired) electrons. The number of nitrogens with zero attached hydrogens (tertiary/aromatic N) is 2. The van der Waals surface area contributed by atoms with Crippen LogP contribution >= 0.6 is 34.0 Å². The van der Waals surface area contributed by atoms with E-state index in [1.54, 1.807) is 11.3 Å². The molecule has 0 spiro atoms. The summed E-state index contributed by atoms with van der Waals surface area (Å²) in [6.45, 7) is 13.6. The van der Waals surface area contributed by atoms with E-state index in [2.05, 4.69) is 41.5 Å². The third-order valence-corrected chi connectivity index (χ3v) is 8.76. The van der Waals surface area contributed by atoms with Gasteiger partial charge in [-0.25, -0.2) is 9.97 Å². The molecule has 0 aliphatic rings. The third-order valence-electron chi connectivity index (χ3n) is 4.52. The molecule has 3 heterocycles. The van der Waals surface area contributed by atoms with Crippen LogP contribution in [0.15, 0.2) is 0 Å². The lowest BCUT2D eigenvalue weighted by Crippen LogP contribution is -2.14. The lowest BCUT2D eigenvalue weighted by atomic mass is 9.91. The molecule has 114 valence electrons. The minimum Gasteiger partial charge on any atom is -0.230 e. The summed E-state index contributed by atoms with van der Waals surface area (Å²) in [6.07, 6.45) is 2.24. The second-order valence-corrected chi connectivity index (χ2v) is 9.86. The first-order chi connectivity index (χ1) is 9.78. The minimum absolute atomic E-state index is 0.173. The topological polar surface area (TPSA) is 25.8 Å². The van der Waals surface area contributed by atoms with Crippen molar-refractivity contribution in [3.8, 4) is 0 Å². The largest absolute Gasteiger partial charge is 0.230 e. The molecule has 0 N–H and O–H groups in total. The maximum atomic E-state index is 4.88. The van der Waals surface area contributed by atoms with Gasteiger partial charge in [0, 0.05) is 10.8 Å². The van der Waals surface area contributed by atoms with Crippen LogP contribution in [0.25, 0.3) is 19.1 Å². The average Bonchev–Trinajstić information content (AvgIpc) is 3.08. The number of hydrogen-bond acceptors (Lipinski definition) is 5. The fraction of sp³-hybridized carbons (Fsp3) is 0.625. The van der Waals surface area contributed by atoms with Crippen molar-refractivity contribution in [2.24, 2.45) is 0 Å². The second-order valence-electron chi connectivity index (χ2n) is 6.88. The normalized spacial score (nSPS) is 13.6. The van der Waals surface area contributed by atoms with E-state index in [0.29, 0.717) is 0 Å². The Morgan fingerprint density at radius 1 is 0.714 bits per heavy atom. The molecule has 0 saturated heterocycles. The highest BCUT2D eigenvalue weighted by atomic mass is 32.1. The highest BCUT2D eigenvalue weighted by molar-refractivity contribution is 7.37. The van der Waals surface area contributed by atoms with Crippen LogP contribution < -0.4 is 0 Å². The molecule has 0 aliphatic carbocycles. The van der Waals surface area contributed by atoms with Gasteiger partial charge in [-0.15, -0.1) is 22.7 Å². The van der Waals surface area contributed by atoms with Crippen molar-refractivity contribution in [1.82, 2.24) is 9.97 Å². The van der Waals surface area contributed by atoms with E-state index in [9.17, 15) is 0 Å². The van der Waals surface area contributed by atoms with Crippen molar-refractivity contribution in [3.05, 3.63) is 10.0 Å². The molecule has 0 aromatic carbocycles. The molecule has 0 bridgehead atoms. The quantitative estimate of drug-likeness (QED) is 0.554. The first kappa shape index (κ1) is 15.4. The summed E-state index contributed by atoms with van der Waals surface area (Å²) in [5, 5.41) is 2.52. The smallest absolute Gasteiger partial charge is 0.138 e. The minimum atomic E-state index is 0.173. The molecule has 21 heavy (non-hydrogen) atoms. The predicted octanol–water partition coefficient (Wildman–Crippen LogP) is 6.34. The summed E-state index contributed by atoms with van der Waals surface area (Å²) >= 11 is 5.49. The molecule has 3 aromatic rings. The molecule has 0 aliphatic heterocycles. The Hall–Kier alpha value is -0.520. The summed E-state index contributed by atoms with van der Waals surface area (Å²) in [6, 6.07) is 0. The zero-order valence-corrected chi connectivity index (χ0v) is 16.0. The molecule has 2 nitrogen and oxygen atoms in total. The molecule has 0 atom stereocenters. The number of thiazole rings is 2. The number of thiophene rings is 1. The Balaban J connectivity index is 2.15. The average molecular weight is 339 g/mol. The molecule has 0 unspecified atom stereocenters. The van der Waals surface area contributed by atoms with E-state index < -0.39 is 0 Å². The van der Waals surface area contributed by atoms with Gasteiger partial charge >= 0.3 is 0 Å². The number of aromatic nitrogens is 2. The van der Waals surface area contributed by atoms with Crippen molar-refractivity contribution < 1.29 is 0 Å². The standard InChI is InChI=1S/C16H22N2S3/c1-7-15(3,4)13-17-11-9(19-13)10-12(21-11)18-14(20-10)16(5,6)8-2/h7-8H2,1-6H3. The van der Waals surface area contributed by atoms with Crippen molar-refractivity contribution >= 4 is 53.1 Å². The highest BCUT2D eigenvalue weighted by Gasteiger charge is 2.27. The van der Waals surface area contributed by atoms with Crippen LogP contribution in [-0.4, -0.2) is 9.97 Å². The molecule has 0 saturated carbocycles. The SMILES string of the molecule is CCC(C)(C)c1nc2sc3nc(C(C)(C)CC)sc3c2s1. The Kier molecular flexibility index (Phi) is 3.66. The Labute approximate surface area is 138 Å². The number of fused-ring (bicyclic) bond motifs is 3. The Bertz CT molecular complexity index is 724. The zero-order chi connectivity index (χ0) is 15.4. The third kappa shape index (κ3) is 2.43. The van der Waals surface area contributed by atoms with Gasteiger partial charge in [-0.1, -0.05) is 52.9 Å². The van der Waals surface area contributed by atoms with Crippen LogP contribution in [0.4, 0.5) is 0 Å². The fourth-order valence-corrected chi connectivity index (χ4v) is 6.00. The van der Waals surface area contributed by atoms with Gasteiger partial charge in [0.05, 0.1) is 9.40 Å². The van der Waals surface area contributed by atoms with Crippen molar-refractivity contribution in [3.63, 3.8) is 0 Å². The number of rotatable bonds is 4. The number of hydrogen-bond donors (Lipinski definition) is 0. The van der Waals surface area contributed by atoms with E-state index in [1.807, 2.05) is 22.7 Å². The highest BCUT2D eigenvalue weighted by Crippen LogP contribution is 2.45. The van der Waals surface area contributed by atoms with E-state index >= 15 is 0 Å². The van der Waals surface area contributed by atoms with Gasteiger partial charge in [-0.2, -0.15) is 0 Å². The zero-order valence-electron chi connectivity index (χ0n) is 13.5. The first-order valence-corrected chi connectivity index (χ1v) is 9.94. The molecular formula is C16H22N2S3. The van der Waals surface area contributed by atoms with Gasteiger partial charge in [0.2, 0.25) is 0 Å². The van der Waals surface area contributed by atoms with Crippen LogP contribution in [0.1, 0.15) is 64.4 Å². The van der Waals surface area contributed by atoms with Gasteiger partial charge in [0.1, 0.15) is 19.7 Å². The summed E-state index contributed by atoms with van der Waals surface area (Å²) in [7, 11) is 0.